The van der Waals surface area contributed by atoms with Gasteiger partial charge in [-0.3, -0.25) is 9.69 Å². The van der Waals surface area contributed by atoms with Gasteiger partial charge < -0.3 is 4.90 Å². The topological polar surface area (TPSA) is 23.6 Å². The van der Waals surface area contributed by atoms with Crippen LogP contribution in [0.5, 0.6) is 0 Å². The van der Waals surface area contributed by atoms with Gasteiger partial charge >= 0.3 is 0 Å². The van der Waals surface area contributed by atoms with Crippen molar-refractivity contribution < 1.29 is 4.79 Å². The minimum atomic E-state index is 0.128. The lowest BCUT2D eigenvalue weighted by atomic mass is 9.95. The van der Waals surface area contributed by atoms with Crippen molar-refractivity contribution in [1.82, 2.24) is 9.80 Å². The fourth-order valence-electron chi connectivity index (χ4n) is 3.68. The molecule has 1 aromatic rings. The summed E-state index contributed by atoms with van der Waals surface area (Å²) >= 11 is 12.6. The van der Waals surface area contributed by atoms with Crippen molar-refractivity contribution in [3.8, 4) is 0 Å². The predicted octanol–water partition coefficient (Wildman–Crippen LogP) is 4.22. The maximum absolute atomic E-state index is 12.7. The van der Waals surface area contributed by atoms with Crippen molar-refractivity contribution in [3.05, 3.63) is 33.8 Å². The van der Waals surface area contributed by atoms with Gasteiger partial charge in [-0.25, -0.2) is 0 Å². The van der Waals surface area contributed by atoms with Gasteiger partial charge in [-0.1, -0.05) is 29.3 Å². The predicted molar refractivity (Wildman–Crippen MR) is 94.9 cm³/mol. The molecule has 2 fully saturated rings. The number of hydrogen-bond acceptors (Lipinski definition) is 2. The minimum absolute atomic E-state index is 0.128. The molecule has 0 radical (unpaired) electrons. The summed E-state index contributed by atoms with van der Waals surface area (Å²) in [6, 6.07) is 5.62. The summed E-state index contributed by atoms with van der Waals surface area (Å²) in [5.74, 6) is 0.475. The molecule has 0 aliphatic carbocycles. The minimum Gasteiger partial charge on any atom is -0.342 e. The van der Waals surface area contributed by atoms with Crippen molar-refractivity contribution in [2.45, 2.75) is 38.6 Å². The molecule has 2 saturated heterocycles. The second kappa shape index (κ2) is 7.87. The lowest BCUT2D eigenvalue weighted by Crippen LogP contribution is -2.46. The Bertz CT molecular complexity index is 538. The van der Waals surface area contributed by atoms with Crippen LogP contribution in [-0.2, 0) is 11.3 Å². The standard InChI is InChI=1S/C18H24Cl2N2O/c19-16-7-4-8-17(20)15(16)13-21-9-5-6-14(12-21)18(23)22-10-2-1-3-11-22/h4,7-8,14H,1-3,5-6,9-13H2. The Kier molecular flexibility index (Phi) is 5.84. The second-order valence-corrected chi connectivity index (χ2v) is 7.47. The van der Waals surface area contributed by atoms with Crippen LogP contribution in [0, 0.1) is 5.92 Å². The summed E-state index contributed by atoms with van der Waals surface area (Å²) in [7, 11) is 0. The first kappa shape index (κ1) is 17.1. The molecule has 2 aliphatic rings. The Balaban J connectivity index is 1.63. The van der Waals surface area contributed by atoms with E-state index in [9.17, 15) is 4.79 Å². The van der Waals surface area contributed by atoms with Crippen LogP contribution >= 0.6 is 23.2 Å². The number of benzene rings is 1. The summed E-state index contributed by atoms with van der Waals surface area (Å²) in [6.45, 7) is 4.42. The van der Waals surface area contributed by atoms with Gasteiger partial charge in [0.2, 0.25) is 5.91 Å². The molecule has 23 heavy (non-hydrogen) atoms. The van der Waals surface area contributed by atoms with Gasteiger partial charge in [0.25, 0.3) is 0 Å². The molecule has 5 heteroatoms. The first-order valence-corrected chi connectivity index (χ1v) is 9.35. The molecule has 2 aliphatic heterocycles. The van der Waals surface area contributed by atoms with E-state index in [2.05, 4.69) is 9.80 Å². The Labute approximate surface area is 148 Å². The Morgan fingerprint density at radius 2 is 1.74 bits per heavy atom. The first-order valence-electron chi connectivity index (χ1n) is 8.59. The molecule has 1 amide bonds. The van der Waals surface area contributed by atoms with E-state index in [-0.39, 0.29) is 5.92 Å². The van der Waals surface area contributed by atoms with Crippen molar-refractivity contribution in [3.63, 3.8) is 0 Å². The molecular weight excluding hydrogens is 331 g/mol. The van der Waals surface area contributed by atoms with Gasteiger partial charge in [0.1, 0.15) is 0 Å². The Hall–Kier alpha value is -0.770. The van der Waals surface area contributed by atoms with Crippen LogP contribution in [0.4, 0.5) is 0 Å². The molecular formula is C18H24Cl2N2O. The molecule has 0 bridgehead atoms. The van der Waals surface area contributed by atoms with Crippen LogP contribution in [0.25, 0.3) is 0 Å². The molecule has 1 atom stereocenters. The quantitative estimate of drug-likeness (QED) is 0.811. The maximum atomic E-state index is 12.7. The second-order valence-electron chi connectivity index (χ2n) is 6.66. The zero-order chi connectivity index (χ0) is 16.2. The van der Waals surface area contributed by atoms with Crippen LogP contribution in [0.3, 0.4) is 0 Å². The normalized spacial score (nSPS) is 23.0. The maximum Gasteiger partial charge on any atom is 0.226 e. The lowest BCUT2D eigenvalue weighted by Gasteiger charge is -2.36. The van der Waals surface area contributed by atoms with E-state index >= 15 is 0 Å². The summed E-state index contributed by atoms with van der Waals surface area (Å²) in [5.41, 5.74) is 0.974. The van der Waals surface area contributed by atoms with Crippen molar-refractivity contribution in [1.29, 1.82) is 0 Å². The van der Waals surface area contributed by atoms with Crippen molar-refractivity contribution in [2.75, 3.05) is 26.2 Å². The smallest absolute Gasteiger partial charge is 0.226 e. The van der Waals surface area contributed by atoms with Gasteiger partial charge in [0.05, 0.1) is 5.92 Å². The number of amides is 1. The number of likely N-dealkylation sites (tertiary alicyclic amines) is 2. The van der Waals surface area contributed by atoms with E-state index in [0.717, 1.165) is 64.0 Å². The van der Waals surface area contributed by atoms with Crippen LogP contribution in [0.1, 0.15) is 37.7 Å². The van der Waals surface area contributed by atoms with Gasteiger partial charge in [0, 0.05) is 41.8 Å². The SMILES string of the molecule is O=C(C1CCCN(Cc2c(Cl)cccc2Cl)C1)N1CCCCC1. The van der Waals surface area contributed by atoms with Crippen LogP contribution in [-0.4, -0.2) is 41.9 Å². The summed E-state index contributed by atoms with van der Waals surface area (Å²) in [5, 5.41) is 1.42. The van der Waals surface area contributed by atoms with E-state index in [1.165, 1.54) is 6.42 Å². The van der Waals surface area contributed by atoms with Gasteiger partial charge in [0.15, 0.2) is 0 Å². The average molecular weight is 355 g/mol. The number of piperidine rings is 2. The average Bonchev–Trinajstić information content (AvgIpc) is 2.59. The van der Waals surface area contributed by atoms with E-state index < -0.39 is 0 Å². The number of carbonyl (C=O) groups excluding carboxylic acids is 1. The fourth-order valence-corrected chi connectivity index (χ4v) is 4.20. The van der Waals surface area contributed by atoms with Crippen molar-refractivity contribution in [2.24, 2.45) is 5.92 Å². The fraction of sp³-hybridized carbons (Fsp3) is 0.611. The highest BCUT2D eigenvalue weighted by atomic mass is 35.5. The van der Waals surface area contributed by atoms with Gasteiger partial charge in [-0.2, -0.15) is 0 Å². The third-order valence-electron chi connectivity index (χ3n) is 4.97. The molecule has 1 aromatic carbocycles. The molecule has 126 valence electrons. The zero-order valence-corrected chi connectivity index (χ0v) is 15.0. The molecule has 2 heterocycles. The van der Waals surface area contributed by atoms with E-state index in [0.29, 0.717) is 16.0 Å². The highest BCUT2D eigenvalue weighted by molar-refractivity contribution is 6.35. The highest BCUT2D eigenvalue weighted by Gasteiger charge is 2.30. The lowest BCUT2D eigenvalue weighted by molar-refractivity contribution is -0.138. The van der Waals surface area contributed by atoms with E-state index in [1.54, 1.807) is 0 Å². The summed E-state index contributed by atoms with van der Waals surface area (Å²) < 4.78 is 0. The van der Waals surface area contributed by atoms with Gasteiger partial charge in [-0.05, 0) is 50.8 Å². The van der Waals surface area contributed by atoms with Crippen LogP contribution in [0.15, 0.2) is 18.2 Å². The number of nitrogens with zero attached hydrogens (tertiary/aromatic N) is 2. The number of carbonyl (C=O) groups is 1. The molecule has 3 nitrogen and oxygen atoms in total. The molecule has 0 N–H and O–H groups in total. The van der Waals surface area contributed by atoms with Gasteiger partial charge in [-0.15, -0.1) is 0 Å². The largest absolute Gasteiger partial charge is 0.342 e. The Morgan fingerprint density at radius 1 is 1.04 bits per heavy atom. The summed E-state index contributed by atoms with van der Waals surface area (Å²) in [4.78, 5) is 17.1. The molecule has 0 aromatic heterocycles. The van der Waals surface area contributed by atoms with Crippen LogP contribution < -0.4 is 0 Å². The monoisotopic (exact) mass is 354 g/mol. The molecule has 1 unspecified atom stereocenters. The molecule has 0 saturated carbocycles. The Morgan fingerprint density at radius 3 is 2.43 bits per heavy atom. The first-order chi connectivity index (χ1) is 11.1. The third kappa shape index (κ3) is 4.20. The number of hydrogen-bond donors (Lipinski definition) is 0. The molecule has 0 spiro atoms. The van der Waals surface area contributed by atoms with Crippen molar-refractivity contribution >= 4 is 29.1 Å². The summed E-state index contributed by atoms with van der Waals surface area (Å²) in [6.07, 6.45) is 5.62. The van der Waals surface area contributed by atoms with Crippen LogP contribution in [0.2, 0.25) is 10.0 Å². The third-order valence-corrected chi connectivity index (χ3v) is 5.67. The zero-order valence-electron chi connectivity index (χ0n) is 13.4. The van der Waals surface area contributed by atoms with E-state index in [4.69, 9.17) is 23.2 Å². The highest BCUT2D eigenvalue weighted by Crippen LogP contribution is 2.28. The van der Waals surface area contributed by atoms with E-state index in [1.807, 2.05) is 18.2 Å². The molecule has 3 rings (SSSR count). The number of halogens is 2. The number of rotatable bonds is 3.